The van der Waals surface area contributed by atoms with E-state index in [1.54, 1.807) is 7.11 Å². The molecule has 0 fully saturated rings. The minimum Gasteiger partial charge on any atom is -0.384 e. The van der Waals surface area contributed by atoms with E-state index in [2.05, 4.69) is 15.5 Å². The zero-order valence-electron chi connectivity index (χ0n) is 12.2. The fourth-order valence-electron chi connectivity index (χ4n) is 2.27. The third kappa shape index (κ3) is 3.95. The molecule has 0 radical (unpaired) electrons. The minimum atomic E-state index is -0.000147. The van der Waals surface area contributed by atoms with E-state index in [9.17, 15) is 4.79 Å². The van der Waals surface area contributed by atoms with Crippen molar-refractivity contribution in [1.29, 1.82) is 0 Å². The summed E-state index contributed by atoms with van der Waals surface area (Å²) < 4.78 is 5.02. The number of hydrogen-bond donors (Lipinski definition) is 2. The smallest absolute Gasteiger partial charge is 0.251 e. The number of hydrogen-bond acceptors (Lipinski definition) is 4. The van der Waals surface area contributed by atoms with Crippen LogP contribution in [0, 0.1) is 0 Å². The fourth-order valence-corrected chi connectivity index (χ4v) is 2.27. The number of fused-ring (bicyclic) bond motifs is 1. The van der Waals surface area contributed by atoms with Crippen molar-refractivity contribution in [2.45, 2.75) is 6.42 Å². The highest BCUT2D eigenvalue weighted by Gasteiger charge is 2.13. The van der Waals surface area contributed by atoms with Crippen molar-refractivity contribution < 1.29 is 9.53 Å². The van der Waals surface area contributed by atoms with Crippen LogP contribution < -0.4 is 10.6 Å². The number of carbonyl (C=O) groups is 1. The largest absolute Gasteiger partial charge is 0.384 e. The van der Waals surface area contributed by atoms with Gasteiger partial charge in [-0.15, -0.1) is 0 Å². The first kappa shape index (κ1) is 14.8. The van der Waals surface area contributed by atoms with Gasteiger partial charge in [0.05, 0.1) is 6.61 Å². The summed E-state index contributed by atoms with van der Waals surface area (Å²) in [6.07, 6.45) is 0.996. The van der Waals surface area contributed by atoms with Gasteiger partial charge in [0.1, 0.15) is 0 Å². The van der Waals surface area contributed by atoms with Gasteiger partial charge in [-0.25, -0.2) is 0 Å². The quantitative estimate of drug-likeness (QED) is 0.779. The Morgan fingerprint density at radius 3 is 3.10 bits per heavy atom. The molecule has 1 amide bonds. The number of rotatable bonds is 7. The molecule has 2 N–H and O–H groups in total. The van der Waals surface area contributed by atoms with Crippen LogP contribution in [-0.2, 0) is 11.2 Å². The van der Waals surface area contributed by atoms with Crippen LogP contribution in [0.3, 0.4) is 0 Å². The van der Waals surface area contributed by atoms with Crippen molar-refractivity contribution in [3.8, 4) is 0 Å². The Hall–Kier alpha value is -1.59. The lowest BCUT2D eigenvalue weighted by Gasteiger charge is -2.16. The third-order valence-corrected chi connectivity index (χ3v) is 3.53. The highest BCUT2D eigenvalue weighted by Crippen LogP contribution is 2.22. The van der Waals surface area contributed by atoms with E-state index in [-0.39, 0.29) is 5.91 Å². The minimum absolute atomic E-state index is 0.000147. The molecule has 1 aliphatic rings. The van der Waals surface area contributed by atoms with Crippen LogP contribution in [-0.4, -0.2) is 57.8 Å². The fraction of sp³-hybridized carbons (Fsp3) is 0.533. The van der Waals surface area contributed by atoms with Crippen molar-refractivity contribution in [2.75, 3.05) is 52.3 Å². The maximum atomic E-state index is 12.1. The molecule has 5 heteroatoms. The van der Waals surface area contributed by atoms with E-state index in [1.807, 2.05) is 25.2 Å². The van der Waals surface area contributed by atoms with Gasteiger partial charge >= 0.3 is 0 Å². The second-order valence-electron chi connectivity index (χ2n) is 5.10. The molecule has 0 saturated carbocycles. The summed E-state index contributed by atoms with van der Waals surface area (Å²) in [6.45, 7) is 4.01. The first-order chi connectivity index (χ1) is 9.70. The first-order valence-electron chi connectivity index (χ1n) is 7.03. The number of carbonyl (C=O) groups excluding carboxylic acids is 1. The van der Waals surface area contributed by atoms with Gasteiger partial charge in [0.2, 0.25) is 0 Å². The van der Waals surface area contributed by atoms with Gasteiger partial charge in [0, 0.05) is 44.5 Å². The van der Waals surface area contributed by atoms with Crippen LogP contribution >= 0.6 is 0 Å². The second-order valence-corrected chi connectivity index (χ2v) is 5.10. The van der Waals surface area contributed by atoms with Crippen molar-refractivity contribution in [3.63, 3.8) is 0 Å². The monoisotopic (exact) mass is 277 g/mol. The Bertz CT molecular complexity index is 462. The molecule has 5 nitrogen and oxygen atoms in total. The molecule has 0 spiro atoms. The third-order valence-electron chi connectivity index (χ3n) is 3.53. The normalized spacial score (nSPS) is 13.2. The number of benzene rings is 1. The number of nitrogens with one attached hydrogen (secondary N) is 2. The average Bonchev–Trinajstić information content (AvgIpc) is 2.92. The number of anilines is 1. The zero-order valence-corrected chi connectivity index (χ0v) is 12.2. The molecule has 20 heavy (non-hydrogen) atoms. The van der Waals surface area contributed by atoms with Gasteiger partial charge in [0.15, 0.2) is 0 Å². The molecule has 0 aromatic heterocycles. The predicted octanol–water partition coefficient (Wildman–Crippen LogP) is 0.963. The second kappa shape index (κ2) is 7.26. The van der Waals surface area contributed by atoms with Crippen molar-refractivity contribution >= 4 is 11.6 Å². The summed E-state index contributed by atoms with van der Waals surface area (Å²) in [6, 6.07) is 5.85. The van der Waals surface area contributed by atoms with Crippen LogP contribution in [0.1, 0.15) is 15.9 Å². The molecule has 0 aliphatic carbocycles. The van der Waals surface area contributed by atoms with Crippen LogP contribution in [0.2, 0.25) is 0 Å². The molecule has 0 unspecified atom stereocenters. The number of nitrogens with zero attached hydrogens (tertiary/aromatic N) is 1. The van der Waals surface area contributed by atoms with E-state index in [4.69, 9.17) is 4.74 Å². The van der Waals surface area contributed by atoms with Gasteiger partial charge in [-0.3, -0.25) is 4.79 Å². The molecule has 1 aromatic carbocycles. The zero-order chi connectivity index (χ0) is 14.4. The summed E-state index contributed by atoms with van der Waals surface area (Å²) in [4.78, 5) is 14.2. The van der Waals surface area contributed by atoms with Gasteiger partial charge in [-0.1, -0.05) is 0 Å². The maximum absolute atomic E-state index is 12.1. The Kier molecular flexibility index (Phi) is 5.38. The van der Waals surface area contributed by atoms with Gasteiger partial charge in [-0.05, 0) is 37.2 Å². The molecule has 0 saturated heterocycles. The molecular formula is C15H23N3O2. The number of likely N-dealkylation sites (N-methyl/N-ethyl adjacent to an activating group) is 1. The van der Waals surface area contributed by atoms with E-state index in [0.717, 1.165) is 37.3 Å². The lowest BCUT2D eigenvalue weighted by molar-refractivity contribution is 0.0947. The Morgan fingerprint density at radius 2 is 2.30 bits per heavy atom. The summed E-state index contributed by atoms with van der Waals surface area (Å²) in [5, 5.41) is 6.25. The van der Waals surface area contributed by atoms with Crippen LogP contribution in [0.4, 0.5) is 5.69 Å². The lowest BCUT2D eigenvalue weighted by atomic mass is 10.1. The van der Waals surface area contributed by atoms with Crippen LogP contribution in [0.15, 0.2) is 18.2 Å². The Labute approximate surface area is 120 Å². The lowest BCUT2D eigenvalue weighted by Crippen LogP contribution is -2.34. The number of amides is 1. The van der Waals surface area contributed by atoms with E-state index in [0.29, 0.717) is 13.2 Å². The van der Waals surface area contributed by atoms with Crippen molar-refractivity contribution in [1.82, 2.24) is 10.2 Å². The molecule has 0 atom stereocenters. The van der Waals surface area contributed by atoms with Crippen molar-refractivity contribution in [3.05, 3.63) is 29.3 Å². The summed E-state index contributed by atoms with van der Waals surface area (Å²) >= 11 is 0. The predicted molar refractivity (Wildman–Crippen MR) is 80.3 cm³/mol. The van der Waals surface area contributed by atoms with Gasteiger partial charge in [-0.2, -0.15) is 0 Å². The number of ether oxygens (including phenoxy) is 1. The highest BCUT2D eigenvalue weighted by atomic mass is 16.5. The molecule has 1 aliphatic heterocycles. The van der Waals surface area contributed by atoms with Crippen molar-refractivity contribution in [2.24, 2.45) is 0 Å². The average molecular weight is 277 g/mol. The Morgan fingerprint density at radius 1 is 1.45 bits per heavy atom. The van der Waals surface area contributed by atoms with E-state index >= 15 is 0 Å². The van der Waals surface area contributed by atoms with Crippen LogP contribution in [0.5, 0.6) is 0 Å². The van der Waals surface area contributed by atoms with Gasteiger partial charge < -0.3 is 20.3 Å². The van der Waals surface area contributed by atoms with E-state index in [1.165, 1.54) is 5.56 Å². The summed E-state index contributed by atoms with van der Waals surface area (Å²) in [5.41, 5.74) is 3.13. The highest BCUT2D eigenvalue weighted by molar-refractivity contribution is 5.95. The molecule has 2 rings (SSSR count). The first-order valence-corrected chi connectivity index (χ1v) is 7.03. The standard InChI is InChI=1S/C15H23N3O2/c1-18(9-10-20-2)8-7-17-15(19)13-3-4-14-12(11-13)5-6-16-14/h3-4,11,16H,5-10H2,1-2H3,(H,17,19). The number of methoxy groups -OCH3 is 1. The SMILES string of the molecule is COCCN(C)CCNC(=O)c1ccc2c(c1)CCN2. The van der Waals surface area contributed by atoms with E-state index < -0.39 is 0 Å². The van der Waals surface area contributed by atoms with Crippen LogP contribution in [0.25, 0.3) is 0 Å². The molecule has 1 aromatic rings. The molecular weight excluding hydrogens is 254 g/mol. The molecule has 0 bridgehead atoms. The summed E-state index contributed by atoms with van der Waals surface area (Å²) in [7, 11) is 3.71. The molecule has 110 valence electrons. The molecule has 1 heterocycles. The summed E-state index contributed by atoms with van der Waals surface area (Å²) in [5.74, 6) is -0.000147. The maximum Gasteiger partial charge on any atom is 0.251 e. The van der Waals surface area contributed by atoms with Gasteiger partial charge in [0.25, 0.3) is 5.91 Å². The topological polar surface area (TPSA) is 53.6 Å². The Balaban J connectivity index is 1.77.